The first kappa shape index (κ1) is 23.5. The molecule has 11 nitrogen and oxygen atoms in total. The number of hydrogen-bond acceptors (Lipinski definition) is 7. The van der Waals surface area contributed by atoms with E-state index in [0.717, 1.165) is 37.4 Å². The number of imidazole rings is 1. The van der Waals surface area contributed by atoms with Gasteiger partial charge in [-0.1, -0.05) is 6.07 Å². The molecule has 0 aromatic carbocycles. The van der Waals surface area contributed by atoms with Crippen LogP contribution in [-0.4, -0.2) is 90.6 Å². The monoisotopic (exact) mass is 452 g/mol. The van der Waals surface area contributed by atoms with Crippen LogP contribution < -0.4 is 0 Å². The van der Waals surface area contributed by atoms with Crippen LogP contribution in [0.3, 0.4) is 0 Å². The Morgan fingerprint density at radius 2 is 1.61 bits per heavy atom. The molecule has 0 spiro atoms. The molecule has 0 radical (unpaired) electrons. The predicted octanol–water partition coefficient (Wildman–Crippen LogP) is 0.979. The van der Waals surface area contributed by atoms with E-state index in [2.05, 4.69) is 26.9 Å². The van der Waals surface area contributed by atoms with Crippen molar-refractivity contribution in [1.82, 2.24) is 29.3 Å². The van der Waals surface area contributed by atoms with Crippen molar-refractivity contribution in [2.75, 3.05) is 33.2 Å². The summed E-state index contributed by atoms with van der Waals surface area (Å²) in [5, 5.41) is 15.6. The number of piperazine rings is 1. The zero-order valence-electron chi connectivity index (χ0n) is 18.0. The standard InChI is InChI=1S/C18H20N6O.C4H4O4/c1-22-9-11-23(12-10-22)16(25)13-24-17-15(6-4-8-20-17)21-18(24)14-5-2-3-7-19-14;5-3(6)1-2-4(7)8/h2-8H,9-13H2,1H3;1-2H,(H,5,6)(H,7,8). The summed E-state index contributed by atoms with van der Waals surface area (Å²) in [5.41, 5.74) is 2.23. The van der Waals surface area contributed by atoms with Crippen molar-refractivity contribution < 1.29 is 24.6 Å². The molecule has 1 amide bonds. The number of likely N-dealkylation sites (N-methyl/N-ethyl adjacent to an activating group) is 1. The molecule has 4 heterocycles. The van der Waals surface area contributed by atoms with E-state index in [-0.39, 0.29) is 12.5 Å². The van der Waals surface area contributed by atoms with Crippen molar-refractivity contribution in [2.45, 2.75) is 6.54 Å². The van der Waals surface area contributed by atoms with Crippen molar-refractivity contribution in [3.63, 3.8) is 0 Å². The third kappa shape index (κ3) is 6.43. The van der Waals surface area contributed by atoms with Gasteiger partial charge in [-0.3, -0.25) is 14.3 Å². The zero-order chi connectivity index (χ0) is 23.8. The van der Waals surface area contributed by atoms with Gasteiger partial charge in [-0.05, 0) is 31.3 Å². The number of pyridine rings is 2. The van der Waals surface area contributed by atoms with Gasteiger partial charge >= 0.3 is 11.9 Å². The van der Waals surface area contributed by atoms with E-state index in [1.165, 1.54) is 0 Å². The highest BCUT2D eigenvalue weighted by molar-refractivity contribution is 5.89. The summed E-state index contributed by atoms with van der Waals surface area (Å²) in [4.78, 5) is 49.5. The van der Waals surface area contributed by atoms with Gasteiger partial charge in [-0.2, -0.15) is 0 Å². The van der Waals surface area contributed by atoms with Crippen LogP contribution in [0.15, 0.2) is 54.9 Å². The molecule has 3 aromatic rings. The van der Waals surface area contributed by atoms with E-state index in [0.29, 0.717) is 23.6 Å². The Bertz CT molecular complexity index is 1140. The van der Waals surface area contributed by atoms with Gasteiger partial charge in [0.2, 0.25) is 5.91 Å². The number of nitrogens with zero attached hydrogens (tertiary/aromatic N) is 6. The molecule has 0 atom stereocenters. The molecule has 0 aliphatic carbocycles. The maximum absolute atomic E-state index is 12.8. The fourth-order valence-corrected chi connectivity index (χ4v) is 3.23. The molecule has 1 aliphatic rings. The normalized spacial score (nSPS) is 14.2. The number of carboxylic acid groups (broad SMARTS) is 2. The lowest BCUT2D eigenvalue weighted by atomic mass is 10.3. The lowest BCUT2D eigenvalue weighted by molar-refractivity contribution is -0.134. The summed E-state index contributed by atoms with van der Waals surface area (Å²) in [7, 11) is 2.08. The van der Waals surface area contributed by atoms with Gasteiger partial charge in [-0.25, -0.2) is 19.6 Å². The van der Waals surface area contributed by atoms with Crippen LogP contribution in [-0.2, 0) is 20.9 Å². The van der Waals surface area contributed by atoms with Gasteiger partial charge in [0.15, 0.2) is 11.5 Å². The summed E-state index contributed by atoms with van der Waals surface area (Å²) in [6.07, 6.45) is 4.57. The summed E-state index contributed by atoms with van der Waals surface area (Å²) in [5.74, 6) is -1.74. The Hall–Kier alpha value is -4.12. The molecule has 1 aliphatic heterocycles. The second-order valence-corrected chi connectivity index (χ2v) is 7.28. The molecule has 1 fully saturated rings. The van der Waals surface area contributed by atoms with Crippen LogP contribution in [0.2, 0.25) is 0 Å². The summed E-state index contributed by atoms with van der Waals surface area (Å²) in [6.45, 7) is 3.55. The highest BCUT2D eigenvalue weighted by Gasteiger charge is 2.22. The fraction of sp³-hybridized carbons (Fsp3) is 0.273. The molecule has 11 heteroatoms. The Morgan fingerprint density at radius 3 is 2.21 bits per heavy atom. The highest BCUT2D eigenvalue weighted by Crippen LogP contribution is 2.22. The molecule has 2 N–H and O–H groups in total. The average Bonchev–Trinajstić information content (AvgIpc) is 3.17. The summed E-state index contributed by atoms with van der Waals surface area (Å²) in [6, 6.07) is 9.44. The lowest BCUT2D eigenvalue weighted by Gasteiger charge is -2.32. The fourth-order valence-electron chi connectivity index (χ4n) is 3.23. The number of carboxylic acids is 2. The largest absolute Gasteiger partial charge is 0.478 e. The molecule has 0 bridgehead atoms. The summed E-state index contributed by atoms with van der Waals surface area (Å²) < 4.78 is 1.87. The first-order chi connectivity index (χ1) is 15.8. The van der Waals surface area contributed by atoms with Crippen LogP contribution in [0, 0.1) is 0 Å². The van der Waals surface area contributed by atoms with Crippen LogP contribution >= 0.6 is 0 Å². The minimum atomic E-state index is -1.26. The number of fused-ring (bicyclic) bond motifs is 1. The Labute approximate surface area is 189 Å². The minimum Gasteiger partial charge on any atom is -0.478 e. The quantitative estimate of drug-likeness (QED) is 0.542. The number of aromatic nitrogens is 4. The van der Waals surface area contributed by atoms with Gasteiger partial charge in [0.1, 0.15) is 17.8 Å². The van der Waals surface area contributed by atoms with Crippen molar-refractivity contribution >= 4 is 29.0 Å². The van der Waals surface area contributed by atoms with Crippen LogP contribution in [0.1, 0.15) is 0 Å². The van der Waals surface area contributed by atoms with E-state index in [4.69, 9.17) is 10.2 Å². The van der Waals surface area contributed by atoms with Crippen LogP contribution in [0.4, 0.5) is 0 Å². The van der Waals surface area contributed by atoms with Gasteiger partial charge < -0.3 is 20.0 Å². The second-order valence-electron chi connectivity index (χ2n) is 7.28. The third-order valence-electron chi connectivity index (χ3n) is 4.92. The smallest absolute Gasteiger partial charge is 0.328 e. The Kier molecular flexibility index (Phi) is 7.82. The van der Waals surface area contributed by atoms with Gasteiger partial charge in [0.05, 0.1) is 0 Å². The number of carbonyl (C=O) groups excluding carboxylic acids is 1. The molecule has 0 saturated carbocycles. The molecule has 33 heavy (non-hydrogen) atoms. The predicted molar refractivity (Wildman–Crippen MR) is 119 cm³/mol. The molecular formula is C22H24N6O5. The average molecular weight is 452 g/mol. The van der Waals surface area contributed by atoms with Crippen molar-refractivity contribution in [3.05, 3.63) is 54.9 Å². The Morgan fingerprint density at radius 1 is 0.939 bits per heavy atom. The zero-order valence-corrected chi connectivity index (χ0v) is 18.0. The highest BCUT2D eigenvalue weighted by atomic mass is 16.4. The minimum absolute atomic E-state index is 0.0928. The molecular weight excluding hydrogens is 428 g/mol. The van der Waals surface area contributed by atoms with Crippen LogP contribution in [0.5, 0.6) is 0 Å². The van der Waals surface area contributed by atoms with Crippen molar-refractivity contribution in [3.8, 4) is 11.5 Å². The first-order valence-corrected chi connectivity index (χ1v) is 10.2. The topological polar surface area (TPSA) is 142 Å². The van der Waals surface area contributed by atoms with Gasteiger partial charge in [0.25, 0.3) is 0 Å². The van der Waals surface area contributed by atoms with E-state index in [9.17, 15) is 14.4 Å². The number of aliphatic carboxylic acids is 2. The number of amides is 1. The van der Waals surface area contributed by atoms with Crippen LogP contribution in [0.25, 0.3) is 22.7 Å². The maximum Gasteiger partial charge on any atom is 0.328 e. The molecule has 4 rings (SSSR count). The van der Waals surface area contributed by atoms with E-state index in [1.54, 1.807) is 12.4 Å². The molecule has 1 saturated heterocycles. The molecule has 0 unspecified atom stereocenters. The van der Waals surface area contributed by atoms with Gasteiger partial charge in [0, 0.05) is 50.7 Å². The SMILES string of the molecule is CN1CCN(C(=O)Cn2c(-c3ccccn3)nc3cccnc32)CC1.O=C(O)C=CC(=O)O. The van der Waals surface area contributed by atoms with E-state index in [1.807, 2.05) is 39.8 Å². The maximum atomic E-state index is 12.8. The number of carbonyl (C=O) groups is 3. The second kappa shape index (κ2) is 11.0. The number of rotatable bonds is 5. The Balaban J connectivity index is 0.000000331. The van der Waals surface area contributed by atoms with E-state index < -0.39 is 11.9 Å². The first-order valence-electron chi connectivity index (χ1n) is 10.2. The van der Waals surface area contributed by atoms with Gasteiger partial charge in [-0.15, -0.1) is 0 Å². The number of hydrogen-bond donors (Lipinski definition) is 2. The van der Waals surface area contributed by atoms with Crippen molar-refractivity contribution in [2.24, 2.45) is 0 Å². The molecule has 172 valence electrons. The lowest BCUT2D eigenvalue weighted by Crippen LogP contribution is -2.48. The van der Waals surface area contributed by atoms with E-state index >= 15 is 0 Å². The third-order valence-corrected chi connectivity index (χ3v) is 4.92. The van der Waals surface area contributed by atoms with Crippen molar-refractivity contribution in [1.29, 1.82) is 0 Å². The molecule has 3 aromatic heterocycles. The summed E-state index contributed by atoms with van der Waals surface area (Å²) >= 11 is 0.